The van der Waals surface area contributed by atoms with Crippen molar-refractivity contribution >= 4 is 17.6 Å². The smallest absolute Gasteiger partial charge is 0.228 e. The third-order valence-electron chi connectivity index (χ3n) is 5.47. The van der Waals surface area contributed by atoms with E-state index in [1.165, 1.54) is 39.0 Å². The molecule has 1 fully saturated rings. The van der Waals surface area contributed by atoms with Gasteiger partial charge in [0.15, 0.2) is 11.6 Å². The van der Waals surface area contributed by atoms with E-state index in [0.29, 0.717) is 24.1 Å². The molecular formula is C24H31N3O3. The molecule has 2 aromatic rings. The van der Waals surface area contributed by atoms with E-state index >= 15 is 0 Å². The molecular weight excluding hydrogens is 378 g/mol. The summed E-state index contributed by atoms with van der Waals surface area (Å²) in [6, 6.07) is 11.0. The second-order valence-corrected chi connectivity index (χ2v) is 8.08. The molecule has 1 heterocycles. The third kappa shape index (κ3) is 6.58. The number of aryl methyl sites for hydroxylation is 1. The summed E-state index contributed by atoms with van der Waals surface area (Å²) in [5.41, 5.74) is 2.01. The fourth-order valence-electron chi connectivity index (χ4n) is 3.83. The number of nitrogens with one attached hydrogen (secondary N) is 2. The number of hydrogen-bond acceptors (Lipinski definition) is 4. The summed E-state index contributed by atoms with van der Waals surface area (Å²) in [4.78, 5) is 28.7. The third-order valence-corrected chi connectivity index (χ3v) is 5.47. The Morgan fingerprint density at radius 2 is 1.87 bits per heavy atom. The highest BCUT2D eigenvalue weighted by Crippen LogP contribution is 2.27. The Bertz CT molecular complexity index is 845. The Hall–Kier alpha value is -2.89. The van der Waals surface area contributed by atoms with E-state index in [1.54, 1.807) is 12.3 Å². The van der Waals surface area contributed by atoms with Gasteiger partial charge in [-0.1, -0.05) is 49.1 Å². The van der Waals surface area contributed by atoms with E-state index in [9.17, 15) is 9.59 Å². The molecule has 1 aliphatic rings. The Morgan fingerprint density at radius 1 is 1.13 bits per heavy atom. The van der Waals surface area contributed by atoms with Crippen molar-refractivity contribution in [2.24, 2.45) is 5.92 Å². The molecule has 160 valence electrons. The van der Waals surface area contributed by atoms with E-state index in [2.05, 4.69) is 15.6 Å². The van der Waals surface area contributed by atoms with E-state index in [1.807, 2.05) is 37.3 Å². The first-order valence-electron chi connectivity index (χ1n) is 10.7. The van der Waals surface area contributed by atoms with Crippen molar-refractivity contribution in [3.63, 3.8) is 0 Å². The highest BCUT2D eigenvalue weighted by atomic mass is 16.5. The van der Waals surface area contributed by atoms with Crippen molar-refractivity contribution in [2.75, 3.05) is 11.9 Å². The molecule has 1 unspecified atom stereocenters. The van der Waals surface area contributed by atoms with E-state index in [-0.39, 0.29) is 18.2 Å². The number of benzene rings is 1. The van der Waals surface area contributed by atoms with Crippen LogP contribution in [0.1, 0.15) is 62.6 Å². The van der Waals surface area contributed by atoms with Gasteiger partial charge in [0.1, 0.15) is 0 Å². The molecule has 3 rings (SSSR count). The number of aromatic nitrogens is 1. The molecule has 0 bridgehead atoms. The lowest BCUT2D eigenvalue weighted by molar-refractivity contribution is -0.120. The van der Waals surface area contributed by atoms with Gasteiger partial charge in [-0.2, -0.15) is 0 Å². The van der Waals surface area contributed by atoms with Crippen molar-refractivity contribution in [3.05, 3.63) is 53.7 Å². The summed E-state index contributed by atoms with van der Waals surface area (Å²) in [5, 5.41) is 5.72. The highest BCUT2D eigenvalue weighted by molar-refractivity contribution is 5.92. The van der Waals surface area contributed by atoms with Crippen molar-refractivity contribution in [2.45, 2.75) is 58.4 Å². The molecule has 1 saturated carbocycles. The number of nitrogens with zero attached hydrogens (tertiary/aromatic N) is 1. The Balaban J connectivity index is 1.63. The lowest BCUT2D eigenvalue weighted by Gasteiger charge is -2.22. The summed E-state index contributed by atoms with van der Waals surface area (Å²) in [5.74, 6) is 1.16. The molecule has 0 radical (unpaired) electrons. The molecule has 1 aromatic heterocycles. The number of rotatable bonds is 8. The number of amides is 2. The molecule has 30 heavy (non-hydrogen) atoms. The highest BCUT2D eigenvalue weighted by Gasteiger charge is 2.19. The van der Waals surface area contributed by atoms with Gasteiger partial charge in [-0.15, -0.1) is 0 Å². The van der Waals surface area contributed by atoms with Crippen LogP contribution < -0.4 is 15.4 Å². The fourth-order valence-corrected chi connectivity index (χ4v) is 3.83. The predicted molar refractivity (Wildman–Crippen MR) is 117 cm³/mol. The van der Waals surface area contributed by atoms with Crippen molar-refractivity contribution < 1.29 is 14.3 Å². The van der Waals surface area contributed by atoms with Gasteiger partial charge in [-0.3, -0.25) is 9.59 Å². The monoisotopic (exact) mass is 409 g/mol. The second kappa shape index (κ2) is 10.8. The lowest BCUT2D eigenvalue weighted by Crippen LogP contribution is -2.30. The zero-order chi connectivity index (χ0) is 21.3. The van der Waals surface area contributed by atoms with Crippen LogP contribution >= 0.6 is 0 Å². The van der Waals surface area contributed by atoms with Gasteiger partial charge in [-0.25, -0.2) is 4.98 Å². The summed E-state index contributed by atoms with van der Waals surface area (Å²) >= 11 is 0. The van der Waals surface area contributed by atoms with Crippen LogP contribution in [0.2, 0.25) is 0 Å². The van der Waals surface area contributed by atoms with Crippen molar-refractivity contribution in [1.29, 1.82) is 0 Å². The summed E-state index contributed by atoms with van der Waals surface area (Å²) < 4.78 is 6.00. The van der Waals surface area contributed by atoms with Crippen LogP contribution in [0.5, 0.6) is 5.75 Å². The van der Waals surface area contributed by atoms with Gasteiger partial charge in [0.2, 0.25) is 11.8 Å². The largest absolute Gasteiger partial charge is 0.489 e. The maximum absolute atomic E-state index is 12.7. The zero-order valence-electron chi connectivity index (χ0n) is 17.8. The Kier molecular flexibility index (Phi) is 7.82. The average molecular weight is 410 g/mol. The molecule has 1 aromatic carbocycles. The SMILES string of the molecule is CC(=O)NC(CC(=O)Nc1ncccc1OCC1CCCCC1)c1ccc(C)cc1. The Morgan fingerprint density at radius 3 is 2.57 bits per heavy atom. The molecule has 0 spiro atoms. The number of hydrogen-bond donors (Lipinski definition) is 2. The maximum Gasteiger partial charge on any atom is 0.228 e. The summed E-state index contributed by atoms with van der Waals surface area (Å²) in [6.45, 7) is 4.10. The molecule has 6 heteroatoms. The first kappa shape index (κ1) is 21.8. The molecule has 2 N–H and O–H groups in total. The molecule has 1 atom stereocenters. The maximum atomic E-state index is 12.7. The quantitative estimate of drug-likeness (QED) is 0.670. The summed E-state index contributed by atoms with van der Waals surface area (Å²) in [7, 11) is 0. The average Bonchev–Trinajstić information content (AvgIpc) is 2.73. The van der Waals surface area contributed by atoms with Crippen molar-refractivity contribution in [3.8, 4) is 5.75 Å². The van der Waals surface area contributed by atoms with E-state index in [0.717, 1.165) is 11.1 Å². The minimum atomic E-state index is -0.404. The molecule has 6 nitrogen and oxygen atoms in total. The van der Waals surface area contributed by atoms with Gasteiger partial charge in [0.05, 0.1) is 19.1 Å². The number of ether oxygens (including phenoxy) is 1. The molecule has 1 aliphatic carbocycles. The van der Waals surface area contributed by atoms with Crippen LogP contribution in [0.4, 0.5) is 5.82 Å². The van der Waals surface area contributed by atoms with Crippen LogP contribution in [-0.2, 0) is 9.59 Å². The molecule has 0 saturated heterocycles. The predicted octanol–water partition coefficient (Wildman–Crippen LogP) is 4.56. The standard InChI is InChI=1S/C24H31N3O3/c1-17-10-12-20(13-11-17)21(26-18(2)28)15-23(29)27-24-22(9-6-14-25-24)30-16-19-7-4-3-5-8-19/h6,9-14,19,21H,3-5,7-8,15-16H2,1-2H3,(H,26,28)(H,25,27,29). The van der Waals surface area contributed by atoms with Crippen LogP contribution in [0, 0.1) is 12.8 Å². The van der Waals surface area contributed by atoms with Gasteiger partial charge >= 0.3 is 0 Å². The van der Waals surface area contributed by atoms with Crippen LogP contribution in [0.15, 0.2) is 42.6 Å². The van der Waals surface area contributed by atoms with Crippen molar-refractivity contribution in [1.82, 2.24) is 10.3 Å². The number of carbonyl (C=O) groups excluding carboxylic acids is 2. The minimum Gasteiger partial charge on any atom is -0.489 e. The van der Waals surface area contributed by atoms with Gasteiger partial charge < -0.3 is 15.4 Å². The zero-order valence-corrected chi connectivity index (χ0v) is 17.8. The number of anilines is 1. The van der Waals surface area contributed by atoms with E-state index in [4.69, 9.17) is 4.74 Å². The van der Waals surface area contributed by atoms with E-state index < -0.39 is 6.04 Å². The Labute approximate surface area is 178 Å². The van der Waals surface area contributed by atoms with Gasteiger partial charge in [-0.05, 0) is 43.4 Å². The first-order valence-corrected chi connectivity index (χ1v) is 10.7. The normalized spacial score (nSPS) is 15.3. The second-order valence-electron chi connectivity index (χ2n) is 8.08. The van der Waals surface area contributed by atoms with Gasteiger partial charge in [0.25, 0.3) is 0 Å². The topological polar surface area (TPSA) is 80.3 Å². The summed E-state index contributed by atoms with van der Waals surface area (Å²) in [6.07, 6.45) is 7.95. The minimum absolute atomic E-state index is 0.112. The van der Waals surface area contributed by atoms with Crippen LogP contribution in [-0.4, -0.2) is 23.4 Å². The van der Waals surface area contributed by atoms with Crippen LogP contribution in [0.3, 0.4) is 0 Å². The van der Waals surface area contributed by atoms with Crippen LogP contribution in [0.25, 0.3) is 0 Å². The first-order chi connectivity index (χ1) is 14.5. The molecule has 0 aliphatic heterocycles. The number of pyridine rings is 1. The van der Waals surface area contributed by atoms with Gasteiger partial charge in [0, 0.05) is 13.1 Å². The lowest BCUT2D eigenvalue weighted by atomic mass is 9.90. The number of carbonyl (C=O) groups is 2. The molecule has 2 amide bonds. The fraction of sp³-hybridized carbons (Fsp3) is 0.458.